The Labute approximate surface area is 141 Å². The van der Waals surface area contributed by atoms with Gasteiger partial charge in [-0.3, -0.25) is 9.88 Å². The van der Waals surface area contributed by atoms with Crippen LogP contribution in [0, 0.1) is 0 Å². The van der Waals surface area contributed by atoms with Crippen molar-refractivity contribution in [1.82, 2.24) is 14.2 Å². The molecule has 1 saturated heterocycles. The fourth-order valence-electron chi connectivity index (χ4n) is 2.60. The first-order valence-corrected chi connectivity index (χ1v) is 9.25. The Kier molecular flexibility index (Phi) is 4.96. The molecular weight excluding hydrogens is 334 g/mol. The minimum absolute atomic E-state index is 0.292. The van der Waals surface area contributed by atoms with Crippen molar-refractivity contribution in [2.75, 3.05) is 26.2 Å². The van der Waals surface area contributed by atoms with Gasteiger partial charge >= 0.3 is 0 Å². The Morgan fingerprint density at radius 2 is 1.70 bits per heavy atom. The van der Waals surface area contributed by atoms with E-state index in [1.165, 1.54) is 4.31 Å². The van der Waals surface area contributed by atoms with Gasteiger partial charge in [0.1, 0.15) is 0 Å². The van der Waals surface area contributed by atoms with Crippen LogP contribution in [0.3, 0.4) is 0 Å². The van der Waals surface area contributed by atoms with Crippen molar-refractivity contribution >= 4 is 21.6 Å². The molecule has 1 aliphatic heterocycles. The molecule has 1 aromatic heterocycles. The van der Waals surface area contributed by atoms with Crippen LogP contribution in [0.4, 0.5) is 0 Å². The Balaban J connectivity index is 1.63. The largest absolute Gasteiger partial charge is 0.295 e. The summed E-state index contributed by atoms with van der Waals surface area (Å²) in [5.41, 5.74) is 1.00. The number of hydrogen-bond donors (Lipinski definition) is 0. The highest BCUT2D eigenvalue weighted by molar-refractivity contribution is 7.89. The van der Waals surface area contributed by atoms with Crippen molar-refractivity contribution < 1.29 is 8.42 Å². The lowest BCUT2D eigenvalue weighted by Gasteiger charge is -2.33. The molecule has 0 radical (unpaired) electrons. The highest BCUT2D eigenvalue weighted by Gasteiger charge is 2.28. The van der Waals surface area contributed by atoms with E-state index in [4.69, 9.17) is 11.6 Å². The molecule has 0 unspecified atom stereocenters. The highest BCUT2D eigenvalue weighted by atomic mass is 35.5. The van der Waals surface area contributed by atoms with E-state index < -0.39 is 10.0 Å². The van der Waals surface area contributed by atoms with Crippen LogP contribution in [-0.2, 0) is 16.6 Å². The Morgan fingerprint density at radius 1 is 1.00 bits per heavy atom. The molecule has 5 nitrogen and oxygen atoms in total. The van der Waals surface area contributed by atoms with Crippen LogP contribution in [0.2, 0.25) is 5.02 Å². The van der Waals surface area contributed by atoms with Gasteiger partial charge in [-0.2, -0.15) is 4.31 Å². The molecule has 1 fully saturated rings. The van der Waals surface area contributed by atoms with Crippen molar-refractivity contribution in [3.8, 4) is 0 Å². The molecule has 0 aliphatic carbocycles. The maximum atomic E-state index is 12.6. The van der Waals surface area contributed by atoms with E-state index in [0.717, 1.165) is 12.2 Å². The summed E-state index contributed by atoms with van der Waals surface area (Å²) in [5, 5.41) is 0.532. The lowest BCUT2D eigenvalue weighted by molar-refractivity contribution is 0.180. The van der Waals surface area contributed by atoms with Gasteiger partial charge in [-0.1, -0.05) is 17.7 Å². The first-order chi connectivity index (χ1) is 11.1. The summed E-state index contributed by atoms with van der Waals surface area (Å²) in [4.78, 5) is 6.82. The zero-order valence-corrected chi connectivity index (χ0v) is 14.2. The van der Waals surface area contributed by atoms with Gasteiger partial charge in [-0.05, 0) is 36.4 Å². The van der Waals surface area contributed by atoms with Crippen LogP contribution >= 0.6 is 11.6 Å². The van der Waals surface area contributed by atoms with Crippen LogP contribution in [0.1, 0.15) is 5.69 Å². The molecule has 0 atom stereocenters. The number of sulfonamides is 1. The predicted molar refractivity (Wildman–Crippen MR) is 89.7 cm³/mol. The van der Waals surface area contributed by atoms with Crippen LogP contribution < -0.4 is 0 Å². The van der Waals surface area contributed by atoms with Gasteiger partial charge in [0.25, 0.3) is 0 Å². The zero-order valence-electron chi connectivity index (χ0n) is 12.6. The van der Waals surface area contributed by atoms with E-state index in [1.54, 1.807) is 30.5 Å². The summed E-state index contributed by atoms with van der Waals surface area (Å²) in [6.45, 7) is 3.11. The molecule has 0 bridgehead atoms. The Morgan fingerprint density at radius 3 is 2.30 bits per heavy atom. The highest BCUT2D eigenvalue weighted by Crippen LogP contribution is 2.20. The van der Waals surface area contributed by atoms with Crippen molar-refractivity contribution in [2.45, 2.75) is 11.4 Å². The summed E-state index contributed by atoms with van der Waals surface area (Å²) in [5.74, 6) is 0. The average molecular weight is 352 g/mol. The van der Waals surface area contributed by atoms with Crippen LogP contribution in [0.5, 0.6) is 0 Å². The normalized spacial score (nSPS) is 17.3. The van der Waals surface area contributed by atoms with Crippen LogP contribution in [0.25, 0.3) is 0 Å². The summed E-state index contributed by atoms with van der Waals surface area (Å²) in [6.07, 6.45) is 1.77. The first kappa shape index (κ1) is 16.4. The van der Waals surface area contributed by atoms with Crippen molar-refractivity contribution in [1.29, 1.82) is 0 Å². The predicted octanol–water partition coefficient (Wildman–Crippen LogP) is 2.24. The van der Waals surface area contributed by atoms with Gasteiger partial charge in [0.05, 0.1) is 10.6 Å². The molecule has 2 aromatic rings. The minimum Gasteiger partial charge on any atom is -0.295 e. The van der Waals surface area contributed by atoms with Gasteiger partial charge in [-0.25, -0.2) is 8.42 Å². The molecule has 7 heteroatoms. The molecule has 2 heterocycles. The monoisotopic (exact) mass is 351 g/mol. The zero-order chi connectivity index (χ0) is 16.3. The molecule has 0 saturated carbocycles. The maximum absolute atomic E-state index is 12.6. The molecule has 1 aromatic carbocycles. The molecular formula is C16H18ClN3O2S. The molecule has 0 N–H and O–H groups in total. The molecule has 0 amide bonds. The maximum Gasteiger partial charge on any atom is 0.243 e. The topological polar surface area (TPSA) is 53.5 Å². The van der Waals surface area contributed by atoms with E-state index in [0.29, 0.717) is 36.1 Å². The number of aromatic nitrogens is 1. The van der Waals surface area contributed by atoms with Gasteiger partial charge in [-0.15, -0.1) is 0 Å². The van der Waals surface area contributed by atoms with Gasteiger partial charge in [0.15, 0.2) is 0 Å². The van der Waals surface area contributed by atoms with Crippen LogP contribution in [-0.4, -0.2) is 48.8 Å². The van der Waals surface area contributed by atoms with Crippen molar-refractivity contribution in [3.05, 3.63) is 59.4 Å². The van der Waals surface area contributed by atoms with E-state index in [-0.39, 0.29) is 0 Å². The van der Waals surface area contributed by atoms with Gasteiger partial charge in [0, 0.05) is 43.9 Å². The lowest BCUT2D eigenvalue weighted by atomic mass is 10.3. The second kappa shape index (κ2) is 6.97. The fourth-order valence-corrected chi connectivity index (χ4v) is 4.15. The third kappa shape index (κ3) is 3.90. The molecule has 23 heavy (non-hydrogen) atoms. The molecule has 122 valence electrons. The molecule has 3 rings (SSSR count). The average Bonchev–Trinajstić information content (AvgIpc) is 2.57. The van der Waals surface area contributed by atoms with E-state index in [1.807, 2.05) is 18.2 Å². The lowest BCUT2D eigenvalue weighted by Crippen LogP contribution is -2.48. The van der Waals surface area contributed by atoms with Gasteiger partial charge in [0.2, 0.25) is 10.0 Å². The smallest absolute Gasteiger partial charge is 0.243 e. The number of halogens is 1. The van der Waals surface area contributed by atoms with Crippen LogP contribution in [0.15, 0.2) is 53.6 Å². The molecule has 1 aliphatic rings. The molecule has 0 spiro atoms. The minimum atomic E-state index is -3.44. The number of rotatable bonds is 4. The summed E-state index contributed by atoms with van der Waals surface area (Å²) in [6, 6.07) is 12.1. The standard InChI is InChI=1S/C16H18ClN3O2S/c17-14-4-6-16(7-5-14)23(21,22)20-11-9-19(10-12-20)13-15-3-1-2-8-18-15/h1-8H,9-13H2. The summed E-state index contributed by atoms with van der Waals surface area (Å²) < 4.78 is 26.8. The van der Waals surface area contributed by atoms with E-state index >= 15 is 0 Å². The summed E-state index contributed by atoms with van der Waals surface area (Å²) in [7, 11) is -3.44. The number of hydrogen-bond acceptors (Lipinski definition) is 4. The third-order valence-corrected chi connectivity index (χ3v) is 6.06. The third-order valence-electron chi connectivity index (χ3n) is 3.89. The van der Waals surface area contributed by atoms with E-state index in [2.05, 4.69) is 9.88 Å². The number of benzene rings is 1. The second-order valence-corrected chi connectivity index (χ2v) is 7.83. The quantitative estimate of drug-likeness (QED) is 0.847. The Hall–Kier alpha value is -1.47. The van der Waals surface area contributed by atoms with Crippen molar-refractivity contribution in [3.63, 3.8) is 0 Å². The second-order valence-electron chi connectivity index (χ2n) is 5.46. The van der Waals surface area contributed by atoms with Gasteiger partial charge < -0.3 is 0 Å². The van der Waals surface area contributed by atoms with Crippen molar-refractivity contribution in [2.24, 2.45) is 0 Å². The van der Waals surface area contributed by atoms with E-state index in [9.17, 15) is 8.42 Å². The summed E-state index contributed by atoms with van der Waals surface area (Å²) >= 11 is 5.82. The number of nitrogens with zero attached hydrogens (tertiary/aromatic N) is 3. The number of pyridine rings is 1. The SMILES string of the molecule is O=S(=O)(c1ccc(Cl)cc1)N1CCN(Cc2ccccn2)CC1. The Bertz CT molecular complexity index is 743. The first-order valence-electron chi connectivity index (χ1n) is 7.44. The fraction of sp³-hybridized carbons (Fsp3) is 0.312. The number of piperazine rings is 1.